The molecule has 3 unspecified atom stereocenters. The maximum absolute atomic E-state index is 16.8. The van der Waals surface area contributed by atoms with Crippen LogP contribution in [0, 0.1) is 23.0 Å². The van der Waals surface area contributed by atoms with E-state index in [-0.39, 0.29) is 48.6 Å². The second-order valence-electron chi connectivity index (χ2n) is 13.1. The molecule has 0 radical (unpaired) electrons. The van der Waals surface area contributed by atoms with Crippen molar-refractivity contribution in [2.45, 2.75) is 43.9 Å². The van der Waals surface area contributed by atoms with Crippen molar-refractivity contribution in [3.05, 3.63) is 137 Å². The molecule has 7 rings (SSSR count). The van der Waals surface area contributed by atoms with Gasteiger partial charge in [-0.15, -0.1) is 0 Å². The van der Waals surface area contributed by atoms with E-state index in [1.165, 1.54) is 18.2 Å². The molecule has 1 saturated carbocycles. The highest BCUT2D eigenvalue weighted by Crippen LogP contribution is 2.46. The predicted octanol–water partition coefficient (Wildman–Crippen LogP) is 7.60. The van der Waals surface area contributed by atoms with Crippen LogP contribution in [0.3, 0.4) is 0 Å². The fraction of sp³-hybridized carbons (Fsp3) is 0.262. The first kappa shape index (κ1) is 37.3. The Kier molecular flexibility index (Phi) is 11.2. The number of aromatic nitrogens is 1. The molecule has 55 heavy (non-hydrogen) atoms. The Labute approximate surface area is 316 Å². The monoisotopic (exact) mass is 748 g/mol. The number of benzene rings is 4. The van der Waals surface area contributed by atoms with Crippen molar-refractivity contribution in [2.24, 2.45) is 0 Å². The number of nitrogens with one attached hydrogen (secondary N) is 1. The number of nitriles is 1. The number of esters is 1. The summed E-state index contributed by atoms with van der Waals surface area (Å²) in [6, 6.07) is 31.9. The average Bonchev–Trinajstić information content (AvgIpc) is 3.64. The van der Waals surface area contributed by atoms with E-state index in [0.717, 1.165) is 24.8 Å². The highest BCUT2D eigenvalue weighted by Gasteiger charge is 2.58. The quantitative estimate of drug-likeness (QED) is 0.113. The molecule has 13 heteroatoms. The minimum atomic E-state index is -1.92. The molecule has 11 nitrogen and oxygen atoms in total. The first-order chi connectivity index (χ1) is 26.8. The van der Waals surface area contributed by atoms with Gasteiger partial charge in [-0.3, -0.25) is 10.2 Å². The molecule has 0 bridgehead atoms. The van der Waals surface area contributed by atoms with Crippen molar-refractivity contribution in [1.82, 2.24) is 15.2 Å². The van der Waals surface area contributed by atoms with Crippen LogP contribution in [0.25, 0.3) is 0 Å². The van der Waals surface area contributed by atoms with E-state index in [1.807, 2.05) is 85.9 Å². The first-order valence-electron chi connectivity index (χ1n) is 17.7. The number of rotatable bonds is 14. The van der Waals surface area contributed by atoms with Gasteiger partial charge in [0, 0.05) is 31.1 Å². The molecule has 0 spiro atoms. The van der Waals surface area contributed by atoms with Gasteiger partial charge in [0.25, 0.3) is 11.8 Å². The van der Waals surface area contributed by atoms with E-state index in [1.54, 1.807) is 12.1 Å². The summed E-state index contributed by atoms with van der Waals surface area (Å²) in [5.74, 6) is -5.72. The second kappa shape index (κ2) is 16.5. The van der Waals surface area contributed by atoms with Crippen molar-refractivity contribution in [2.75, 3.05) is 27.2 Å². The van der Waals surface area contributed by atoms with Gasteiger partial charge in [0.05, 0.1) is 31.5 Å². The van der Waals surface area contributed by atoms with E-state index >= 15 is 8.78 Å². The summed E-state index contributed by atoms with van der Waals surface area (Å²) in [6.07, 6.45) is -0.793. The average molecular weight is 749 g/mol. The van der Waals surface area contributed by atoms with Crippen LogP contribution < -0.4 is 24.3 Å². The van der Waals surface area contributed by atoms with Crippen LogP contribution in [0.4, 0.5) is 8.78 Å². The van der Waals surface area contributed by atoms with Gasteiger partial charge in [-0.05, 0) is 42.8 Å². The number of para-hydroxylation sites is 1. The van der Waals surface area contributed by atoms with Crippen LogP contribution in [-0.4, -0.2) is 54.8 Å². The molecule has 2 aliphatic rings. The minimum absolute atomic E-state index is 0.0386. The number of hydrogen-bond acceptors (Lipinski definition) is 11. The fourth-order valence-corrected chi connectivity index (χ4v) is 6.50. The van der Waals surface area contributed by atoms with Crippen molar-refractivity contribution >= 4 is 5.97 Å². The lowest BCUT2D eigenvalue weighted by atomic mass is 9.76. The molecular weight excluding hydrogens is 710 g/mol. The highest BCUT2D eigenvalue weighted by molar-refractivity contribution is 5.82. The summed E-state index contributed by atoms with van der Waals surface area (Å²) in [5, 5.41) is 13.1. The van der Waals surface area contributed by atoms with Gasteiger partial charge in [0.1, 0.15) is 18.5 Å². The van der Waals surface area contributed by atoms with Gasteiger partial charge in [-0.2, -0.15) is 19.0 Å². The van der Waals surface area contributed by atoms with Crippen LogP contribution in [0.15, 0.2) is 103 Å². The molecule has 1 aliphatic carbocycles. The highest BCUT2D eigenvalue weighted by atomic mass is 19.1. The van der Waals surface area contributed by atoms with E-state index in [9.17, 15) is 10.1 Å². The number of pyridine rings is 1. The standard InChI is InChI=1S/C42H38F2N4O7/c1-48-22-21-46-38(48)30-15-9-10-16-31(30)53-39-35(43)37(55-42(41(49)50-2)20-19-34(42)52-26-28-13-7-4-8-14-28)36(44)40(47-39)54-33-23-29(24-45)17-18-32(33)51-25-27-11-5-3-6-12-27/h3-18,23,34,38,46H,19-22,25-26H2,1-2H3. The van der Waals surface area contributed by atoms with Gasteiger partial charge in [-0.1, -0.05) is 78.9 Å². The number of nitrogens with zero attached hydrogens (tertiary/aromatic N) is 3. The SMILES string of the molecule is COC(=O)C1(Oc2c(F)c(Oc3cc(C#N)ccc3OCc3ccccc3)nc(Oc3ccccc3C3NCCN3C)c2F)CCC1OCc1ccccc1. The molecule has 2 fully saturated rings. The zero-order chi connectivity index (χ0) is 38.4. The Morgan fingerprint density at radius 2 is 1.55 bits per heavy atom. The number of ether oxygens (including phenoxy) is 6. The third kappa shape index (κ3) is 7.93. The number of methoxy groups -OCH3 is 1. The van der Waals surface area contributed by atoms with Crippen molar-refractivity contribution in [3.63, 3.8) is 0 Å². The zero-order valence-electron chi connectivity index (χ0n) is 30.2. The lowest BCUT2D eigenvalue weighted by Crippen LogP contribution is -2.63. The third-order valence-electron chi connectivity index (χ3n) is 9.56. The summed E-state index contributed by atoms with van der Waals surface area (Å²) in [6.45, 7) is 1.71. The maximum atomic E-state index is 16.8. The van der Waals surface area contributed by atoms with E-state index in [0.29, 0.717) is 18.5 Å². The molecule has 1 aromatic heterocycles. The van der Waals surface area contributed by atoms with Gasteiger partial charge < -0.3 is 28.4 Å². The molecule has 282 valence electrons. The van der Waals surface area contributed by atoms with Gasteiger partial charge in [0.2, 0.25) is 23.0 Å². The van der Waals surface area contributed by atoms with Crippen LogP contribution in [-0.2, 0) is 27.5 Å². The molecule has 2 heterocycles. The number of carbonyl (C=O) groups excluding carboxylic acids is 1. The van der Waals surface area contributed by atoms with Gasteiger partial charge >= 0.3 is 5.97 Å². The second-order valence-corrected chi connectivity index (χ2v) is 13.1. The number of likely N-dealkylation sites (N-methyl/N-ethyl adjacent to an activating group) is 1. The number of hydrogen-bond donors (Lipinski definition) is 1. The number of halogens is 2. The Morgan fingerprint density at radius 3 is 2.16 bits per heavy atom. The Bertz CT molecular complexity index is 2190. The first-order valence-corrected chi connectivity index (χ1v) is 17.7. The van der Waals surface area contributed by atoms with Crippen molar-refractivity contribution in [3.8, 4) is 40.8 Å². The Morgan fingerprint density at radius 1 is 0.891 bits per heavy atom. The topological polar surface area (TPSA) is 124 Å². The molecule has 0 amide bonds. The third-order valence-corrected chi connectivity index (χ3v) is 9.56. The summed E-state index contributed by atoms with van der Waals surface area (Å²) in [7, 11) is 3.09. The maximum Gasteiger partial charge on any atom is 0.353 e. The van der Waals surface area contributed by atoms with E-state index in [4.69, 9.17) is 28.4 Å². The lowest BCUT2D eigenvalue weighted by molar-refractivity contribution is -0.200. The zero-order valence-corrected chi connectivity index (χ0v) is 30.2. The van der Waals surface area contributed by atoms with Crippen LogP contribution in [0.2, 0.25) is 0 Å². The molecule has 5 aromatic rings. The molecule has 1 N–H and O–H groups in total. The van der Waals surface area contributed by atoms with Gasteiger partial charge in [0.15, 0.2) is 11.5 Å². The van der Waals surface area contributed by atoms with Crippen molar-refractivity contribution in [1.29, 1.82) is 5.26 Å². The minimum Gasteiger partial charge on any atom is -0.485 e. The van der Waals surface area contributed by atoms with Crippen molar-refractivity contribution < 1.29 is 42.0 Å². The number of carbonyl (C=O) groups is 1. The lowest BCUT2D eigenvalue weighted by Gasteiger charge is -2.45. The Hall–Kier alpha value is -6.07. The molecule has 1 aliphatic heterocycles. The van der Waals surface area contributed by atoms with E-state index < -0.39 is 46.8 Å². The molecular formula is C42H38F2N4O7. The predicted molar refractivity (Wildman–Crippen MR) is 196 cm³/mol. The Balaban J connectivity index is 1.29. The smallest absolute Gasteiger partial charge is 0.353 e. The molecule has 4 aromatic carbocycles. The summed E-state index contributed by atoms with van der Waals surface area (Å²) in [5.41, 5.74) is 0.605. The summed E-state index contributed by atoms with van der Waals surface area (Å²) >= 11 is 0. The fourth-order valence-electron chi connectivity index (χ4n) is 6.50. The van der Waals surface area contributed by atoms with Crippen LogP contribution in [0.1, 0.15) is 41.3 Å². The largest absolute Gasteiger partial charge is 0.485 e. The normalized spacial score (nSPS) is 19.2. The van der Waals surface area contributed by atoms with Crippen LogP contribution >= 0.6 is 0 Å². The summed E-state index contributed by atoms with van der Waals surface area (Å²) in [4.78, 5) is 19.7. The summed E-state index contributed by atoms with van der Waals surface area (Å²) < 4.78 is 69.0. The molecule has 1 saturated heterocycles. The van der Waals surface area contributed by atoms with Crippen LogP contribution in [0.5, 0.6) is 34.8 Å². The van der Waals surface area contributed by atoms with E-state index in [2.05, 4.69) is 15.2 Å². The molecule has 3 atom stereocenters. The van der Waals surface area contributed by atoms with Gasteiger partial charge in [-0.25, -0.2) is 4.79 Å².